The maximum absolute atomic E-state index is 13.9. The monoisotopic (exact) mass is 541 g/mol. The van der Waals surface area contributed by atoms with Gasteiger partial charge in [-0.2, -0.15) is 0 Å². The van der Waals surface area contributed by atoms with Crippen molar-refractivity contribution in [1.82, 2.24) is 10.2 Å². The zero-order valence-corrected chi connectivity index (χ0v) is 23.2. The molecule has 0 saturated carbocycles. The van der Waals surface area contributed by atoms with Crippen molar-refractivity contribution in [3.8, 4) is 0 Å². The fourth-order valence-electron chi connectivity index (χ4n) is 3.98. The fraction of sp³-hybridized carbons (Fsp3) is 0.286. The quantitative estimate of drug-likeness (QED) is 0.428. The highest BCUT2D eigenvalue weighted by Gasteiger charge is 2.33. The molecule has 0 radical (unpaired) electrons. The fourth-order valence-corrected chi connectivity index (χ4v) is 5.66. The number of hydrogen-bond donors (Lipinski definition) is 1. The summed E-state index contributed by atoms with van der Waals surface area (Å²) in [5.74, 6) is -0.886. The Morgan fingerprint density at radius 1 is 0.973 bits per heavy atom. The second-order valence-corrected chi connectivity index (χ2v) is 11.3. The van der Waals surface area contributed by atoms with E-state index in [4.69, 9.17) is 11.6 Å². The molecule has 3 aromatic rings. The molecule has 0 bridgehead atoms. The van der Waals surface area contributed by atoms with Crippen LogP contribution in [0, 0.1) is 20.8 Å². The lowest BCUT2D eigenvalue weighted by Crippen LogP contribution is -2.50. The van der Waals surface area contributed by atoms with Gasteiger partial charge in [-0.05, 0) is 74.7 Å². The first-order valence-electron chi connectivity index (χ1n) is 11.9. The summed E-state index contributed by atoms with van der Waals surface area (Å²) in [4.78, 5) is 27.8. The summed E-state index contributed by atoms with van der Waals surface area (Å²) in [6, 6.07) is 18.0. The Labute approximate surface area is 224 Å². The summed E-state index contributed by atoms with van der Waals surface area (Å²) < 4.78 is 28.9. The number of aryl methyl sites for hydroxylation is 2. The number of anilines is 1. The minimum absolute atomic E-state index is 0.0764. The van der Waals surface area contributed by atoms with Crippen molar-refractivity contribution in [2.45, 2.75) is 45.2 Å². The number of nitrogens with one attached hydrogen (secondary N) is 1. The van der Waals surface area contributed by atoms with Crippen molar-refractivity contribution in [3.63, 3.8) is 0 Å². The van der Waals surface area contributed by atoms with Crippen LogP contribution in [0.1, 0.15) is 29.2 Å². The maximum atomic E-state index is 13.9. The van der Waals surface area contributed by atoms with E-state index in [-0.39, 0.29) is 17.3 Å². The molecule has 0 aromatic heterocycles. The minimum Gasteiger partial charge on any atom is -0.357 e. The van der Waals surface area contributed by atoms with Gasteiger partial charge in [-0.15, -0.1) is 0 Å². The van der Waals surface area contributed by atoms with E-state index in [2.05, 4.69) is 5.32 Å². The normalized spacial score (nSPS) is 12.1. The van der Waals surface area contributed by atoms with Crippen LogP contribution < -0.4 is 9.62 Å². The van der Waals surface area contributed by atoms with Gasteiger partial charge in [-0.25, -0.2) is 8.42 Å². The van der Waals surface area contributed by atoms with Gasteiger partial charge in [0.2, 0.25) is 11.8 Å². The number of benzene rings is 3. The van der Waals surface area contributed by atoms with Crippen LogP contribution in [0.25, 0.3) is 0 Å². The molecule has 196 valence electrons. The van der Waals surface area contributed by atoms with Gasteiger partial charge in [0.1, 0.15) is 12.6 Å². The van der Waals surface area contributed by atoms with E-state index in [9.17, 15) is 18.0 Å². The van der Waals surface area contributed by atoms with E-state index in [1.54, 1.807) is 55.5 Å². The van der Waals surface area contributed by atoms with E-state index in [1.807, 2.05) is 26.8 Å². The lowest BCUT2D eigenvalue weighted by atomic mass is 10.1. The number of hydrogen-bond acceptors (Lipinski definition) is 4. The smallest absolute Gasteiger partial charge is 0.264 e. The minimum atomic E-state index is -4.11. The molecule has 9 heteroatoms. The average Bonchev–Trinajstić information content (AvgIpc) is 2.87. The van der Waals surface area contributed by atoms with E-state index >= 15 is 0 Å². The Bertz CT molecular complexity index is 1390. The Morgan fingerprint density at radius 2 is 1.62 bits per heavy atom. The molecule has 1 N–H and O–H groups in total. The van der Waals surface area contributed by atoms with E-state index in [0.717, 1.165) is 26.6 Å². The molecule has 3 rings (SSSR count). The third-order valence-corrected chi connectivity index (χ3v) is 8.40. The highest BCUT2D eigenvalue weighted by molar-refractivity contribution is 7.92. The first-order chi connectivity index (χ1) is 17.4. The van der Waals surface area contributed by atoms with Crippen LogP contribution in [0.5, 0.6) is 0 Å². The third-order valence-electron chi connectivity index (χ3n) is 6.39. The second-order valence-electron chi connectivity index (χ2n) is 8.99. The van der Waals surface area contributed by atoms with Crippen molar-refractivity contribution in [1.29, 1.82) is 0 Å². The average molecular weight is 542 g/mol. The van der Waals surface area contributed by atoms with Crippen molar-refractivity contribution in [2.75, 3.05) is 17.9 Å². The van der Waals surface area contributed by atoms with Crippen molar-refractivity contribution in [2.24, 2.45) is 0 Å². The van der Waals surface area contributed by atoms with Crippen LogP contribution in [0.4, 0.5) is 5.69 Å². The molecular weight excluding hydrogens is 510 g/mol. The summed E-state index contributed by atoms with van der Waals surface area (Å²) in [5.41, 5.74) is 3.68. The molecule has 1 atom stereocenters. The number of nitrogens with zero attached hydrogens (tertiary/aromatic N) is 2. The number of carbonyl (C=O) groups excluding carboxylic acids is 2. The van der Waals surface area contributed by atoms with E-state index in [1.165, 1.54) is 24.1 Å². The van der Waals surface area contributed by atoms with Gasteiger partial charge >= 0.3 is 0 Å². The SMILES string of the molecule is CNC(=O)[C@H](C)N(Cc1cccc(Cl)c1)C(=O)CN(c1cccc(C)c1C)S(=O)(=O)c1ccc(C)cc1. The van der Waals surface area contributed by atoms with Gasteiger partial charge in [-0.1, -0.05) is 53.6 Å². The lowest BCUT2D eigenvalue weighted by Gasteiger charge is -2.32. The van der Waals surface area contributed by atoms with Crippen LogP contribution in [-0.2, 0) is 26.2 Å². The van der Waals surface area contributed by atoms with Gasteiger partial charge < -0.3 is 10.2 Å². The van der Waals surface area contributed by atoms with Crippen LogP contribution in [0.2, 0.25) is 5.02 Å². The van der Waals surface area contributed by atoms with Crippen LogP contribution in [-0.4, -0.2) is 44.8 Å². The Balaban J connectivity index is 2.08. The molecule has 0 fully saturated rings. The Hall–Kier alpha value is -3.36. The summed E-state index contributed by atoms with van der Waals surface area (Å²) in [7, 11) is -2.61. The molecule has 0 heterocycles. The highest BCUT2D eigenvalue weighted by atomic mass is 35.5. The van der Waals surface area contributed by atoms with Gasteiger partial charge in [0.05, 0.1) is 10.6 Å². The zero-order valence-electron chi connectivity index (χ0n) is 21.7. The largest absolute Gasteiger partial charge is 0.357 e. The van der Waals surface area contributed by atoms with Crippen molar-refractivity contribution < 1.29 is 18.0 Å². The number of rotatable bonds is 9. The van der Waals surface area contributed by atoms with Crippen molar-refractivity contribution >= 4 is 39.1 Å². The predicted molar refractivity (Wildman–Crippen MR) is 147 cm³/mol. The van der Waals surface area contributed by atoms with Gasteiger partial charge in [0.25, 0.3) is 10.0 Å². The predicted octanol–water partition coefficient (Wildman–Crippen LogP) is 4.62. The summed E-state index contributed by atoms with van der Waals surface area (Å²) in [5, 5.41) is 3.07. The van der Waals surface area contributed by atoms with Crippen LogP contribution in [0.15, 0.2) is 71.6 Å². The van der Waals surface area contributed by atoms with Crippen LogP contribution in [0.3, 0.4) is 0 Å². The topological polar surface area (TPSA) is 86.8 Å². The van der Waals surface area contributed by atoms with Gasteiger partial charge in [0.15, 0.2) is 0 Å². The molecule has 0 aliphatic rings. The summed E-state index contributed by atoms with van der Waals surface area (Å²) in [6.45, 7) is 6.79. The number of carbonyl (C=O) groups is 2. The maximum Gasteiger partial charge on any atom is 0.264 e. The molecular formula is C28H32ClN3O4S. The Kier molecular flexibility index (Phi) is 8.99. The molecule has 3 aromatic carbocycles. The van der Waals surface area contributed by atoms with Gasteiger partial charge in [-0.3, -0.25) is 13.9 Å². The molecule has 0 aliphatic carbocycles. The standard InChI is InChI=1S/C28H32ClN3O4S/c1-19-12-14-25(15-13-19)37(35,36)32(26-11-6-8-20(2)21(26)3)18-27(33)31(22(4)28(34)30-5)17-23-9-7-10-24(29)16-23/h6-16,22H,17-18H2,1-5H3,(H,30,34)/t22-/m0/s1. The first kappa shape index (κ1) is 28.2. The molecule has 0 spiro atoms. The van der Waals surface area contributed by atoms with Crippen molar-refractivity contribution in [3.05, 3.63) is 94.0 Å². The number of halogens is 1. The van der Waals surface area contributed by atoms with E-state index in [0.29, 0.717) is 10.7 Å². The summed E-state index contributed by atoms with van der Waals surface area (Å²) in [6.07, 6.45) is 0. The Morgan fingerprint density at radius 3 is 2.24 bits per heavy atom. The van der Waals surface area contributed by atoms with Gasteiger partial charge in [0, 0.05) is 18.6 Å². The number of likely N-dealkylation sites (N-methyl/N-ethyl adjacent to an activating group) is 1. The number of sulfonamides is 1. The zero-order chi connectivity index (χ0) is 27.3. The highest BCUT2D eigenvalue weighted by Crippen LogP contribution is 2.29. The molecule has 7 nitrogen and oxygen atoms in total. The molecule has 2 amide bonds. The molecule has 0 unspecified atom stereocenters. The lowest BCUT2D eigenvalue weighted by molar-refractivity contribution is -0.139. The third kappa shape index (κ3) is 6.50. The second kappa shape index (κ2) is 11.8. The molecule has 0 saturated heterocycles. The van der Waals surface area contributed by atoms with Crippen LogP contribution >= 0.6 is 11.6 Å². The number of amides is 2. The molecule has 0 aliphatic heterocycles. The molecule has 37 heavy (non-hydrogen) atoms. The first-order valence-corrected chi connectivity index (χ1v) is 13.7. The van der Waals surface area contributed by atoms with E-state index < -0.39 is 28.5 Å². The summed E-state index contributed by atoms with van der Waals surface area (Å²) >= 11 is 6.14.